The molecule has 1 saturated heterocycles. The van der Waals surface area contributed by atoms with Crippen LogP contribution in [-0.2, 0) is 4.79 Å². The van der Waals surface area contributed by atoms with Crippen molar-refractivity contribution in [3.8, 4) is 5.75 Å². The molecule has 170 valence electrons. The predicted octanol–water partition coefficient (Wildman–Crippen LogP) is 3.31. The fraction of sp³-hybridized carbons (Fsp3) is 0.286. The van der Waals surface area contributed by atoms with Crippen molar-refractivity contribution < 1.29 is 27.9 Å². The number of nitrogens with zero attached hydrogens (tertiary/aromatic N) is 2. The maximum Gasteiger partial charge on any atom is 0.387 e. The topological polar surface area (TPSA) is 79.0 Å². The summed E-state index contributed by atoms with van der Waals surface area (Å²) in [5.74, 6) is -1.49. The summed E-state index contributed by atoms with van der Waals surface area (Å²) in [6, 6.07) is 10.2. The van der Waals surface area contributed by atoms with Crippen molar-refractivity contribution in [2.75, 3.05) is 32.7 Å². The first kappa shape index (κ1) is 23.7. The number of alkyl halides is 2. The molecular formula is C21H19Cl2F2N3O4. The molecular weight excluding hydrogens is 467 g/mol. The number of rotatable bonds is 6. The van der Waals surface area contributed by atoms with Crippen molar-refractivity contribution in [3.63, 3.8) is 0 Å². The minimum absolute atomic E-state index is 0.0275. The lowest BCUT2D eigenvalue weighted by molar-refractivity contribution is -0.131. The van der Waals surface area contributed by atoms with Crippen LogP contribution in [0.1, 0.15) is 20.7 Å². The number of ether oxygens (including phenoxy) is 1. The molecule has 11 heteroatoms. The number of halogens is 4. The number of hydrogen-bond acceptors (Lipinski definition) is 4. The van der Waals surface area contributed by atoms with E-state index in [9.17, 15) is 23.2 Å². The van der Waals surface area contributed by atoms with Crippen LogP contribution < -0.4 is 10.1 Å². The molecule has 3 rings (SSSR count). The third-order valence-corrected chi connectivity index (χ3v) is 5.38. The van der Waals surface area contributed by atoms with Crippen LogP contribution in [0.5, 0.6) is 5.75 Å². The largest absolute Gasteiger partial charge is 0.434 e. The van der Waals surface area contributed by atoms with Crippen molar-refractivity contribution in [2.24, 2.45) is 0 Å². The minimum atomic E-state index is -3.05. The Balaban J connectivity index is 1.52. The van der Waals surface area contributed by atoms with E-state index in [2.05, 4.69) is 10.1 Å². The molecule has 0 spiro atoms. The van der Waals surface area contributed by atoms with Gasteiger partial charge in [0, 0.05) is 31.2 Å². The maximum atomic E-state index is 12.7. The van der Waals surface area contributed by atoms with Crippen LogP contribution >= 0.6 is 23.2 Å². The summed E-state index contributed by atoms with van der Waals surface area (Å²) in [6.07, 6.45) is 0. The van der Waals surface area contributed by atoms with Gasteiger partial charge in [-0.1, -0.05) is 35.3 Å². The van der Waals surface area contributed by atoms with Gasteiger partial charge in [-0.3, -0.25) is 14.4 Å². The van der Waals surface area contributed by atoms with Gasteiger partial charge in [-0.05, 0) is 30.3 Å². The van der Waals surface area contributed by atoms with Gasteiger partial charge in [-0.25, -0.2) is 0 Å². The van der Waals surface area contributed by atoms with Crippen molar-refractivity contribution in [3.05, 3.63) is 63.6 Å². The normalized spacial score (nSPS) is 13.8. The lowest BCUT2D eigenvalue weighted by Crippen LogP contribution is -2.52. The van der Waals surface area contributed by atoms with Crippen molar-refractivity contribution in [1.29, 1.82) is 0 Å². The molecule has 32 heavy (non-hydrogen) atoms. The molecule has 0 unspecified atom stereocenters. The van der Waals surface area contributed by atoms with Crippen LogP contribution in [0, 0.1) is 0 Å². The summed E-state index contributed by atoms with van der Waals surface area (Å²) >= 11 is 11.8. The minimum Gasteiger partial charge on any atom is -0.434 e. The number of hydrogen-bond donors (Lipinski definition) is 1. The quantitative estimate of drug-likeness (QED) is 0.680. The van der Waals surface area contributed by atoms with E-state index in [-0.39, 0.29) is 60.5 Å². The summed E-state index contributed by atoms with van der Waals surface area (Å²) in [7, 11) is 0. The molecule has 0 aliphatic carbocycles. The molecule has 3 amide bonds. The molecule has 1 heterocycles. The molecule has 0 aromatic heterocycles. The molecule has 7 nitrogen and oxygen atoms in total. The van der Waals surface area contributed by atoms with Crippen LogP contribution in [0.2, 0.25) is 10.0 Å². The summed E-state index contributed by atoms with van der Waals surface area (Å²) in [4.78, 5) is 40.4. The molecule has 0 atom stereocenters. The first-order valence-corrected chi connectivity index (χ1v) is 10.4. The van der Waals surface area contributed by atoms with E-state index in [1.807, 2.05) is 0 Å². The van der Waals surface area contributed by atoms with E-state index >= 15 is 0 Å². The second-order valence-electron chi connectivity index (χ2n) is 6.85. The highest BCUT2D eigenvalue weighted by Gasteiger charge is 2.27. The summed E-state index contributed by atoms with van der Waals surface area (Å²) in [6.45, 7) is -2.39. The second kappa shape index (κ2) is 10.6. The van der Waals surface area contributed by atoms with Gasteiger partial charge in [0.15, 0.2) is 0 Å². The van der Waals surface area contributed by atoms with Crippen LogP contribution in [0.3, 0.4) is 0 Å². The number of carbonyl (C=O) groups excluding carboxylic acids is 3. The van der Waals surface area contributed by atoms with E-state index in [0.717, 1.165) is 0 Å². The lowest BCUT2D eigenvalue weighted by Gasteiger charge is -2.35. The zero-order valence-electron chi connectivity index (χ0n) is 16.7. The van der Waals surface area contributed by atoms with Crippen LogP contribution in [0.25, 0.3) is 0 Å². The maximum absolute atomic E-state index is 12.7. The SMILES string of the molecule is O=C(NCC(=O)N1CCN(C(=O)c2ccccc2OC(F)F)CC1)c1ccc(Cl)cc1Cl. The van der Waals surface area contributed by atoms with E-state index in [1.54, 1.807) is 6.07 Å². The Morgan fingerprint density at radius 2 is 1.62 bits per heavy atom. The van der Waals surface area contributed by atoms with E-state index in [1.165, 1.54) is 46.2 Å². The van der Waals surface area contributed by atoms with Crippen molar-refractivity contribution in [1.82, 2.24) is 15.1 Å². The Labute approximate surface area is 192 Å². The number of amides is 3. The number of piperazine rings is 1. The highest BCUT2D eigenvalue weighted by atomic mass is 35.5. The Hall–Kier alpha value is -2.91. The molecule has 0 saturated carbocycles. The Morgan fingerprint density at radius 3 is 2.28 bits per heavy atom. The van der Waals surface area contributed by atoms with Crippen LogP contribution in [0.4, 0.5) is 8.78 Å². The number of carbonyl (C=O) groups is 3. The second-order valence-corrected chi connectivity index (χ2v) is 7.70. The van der Waals surface area contributed by atoms with Crippen LogP contribution in [0.15, 0.2) is 42.5 Å². The van der Waals surface area contributed by atoms with Gasteiger partial charge in [0.2, 0.25) is 5.91 Å². The monoisotopic (exact) mass is 485 g/mol. The predicted molar refractivity (Wildman–Crippen MR) is 114 cm³/mol. The van der Waals surface area contributed by atoms with Gasteiger partial charge in [0.1, 0.15) is 5.75 Å². The highest BCUT2D eigenvalue weighted by molar-refractivity contribution is 6.36. The molecule has 2 aromatic carbocycles. The average molecular weight is 486 g/mol. The molecule has 0 bridgehead atoms. The number of para-hydroxylation sites is 1. The third-order valence-electron chi connectivity index (χ3n) is 4.83. The highest BCUT2D eigenvalue weighted by Crippen LogP contribution is 2.23. The Kier molecular flexibility index (Phi) is 7.87. The van der Waals surface area contributed by atoms with Gasteiger partial charge >= 0.3 is 6.61 Å². The lowest BCUT2D eigenvalue weighted by atomic mass is 10.1. The van der Waals surface area contributed by atoms with E-state index in [4.69, 9.17) is 23.2 Å². The summed E-state index contributed by atoms with van der Waals surface area (Å²) in [5, 5.41) is 3.08. The molecule has 2 aromatic rings. The Morgan fingerprint density at radius 1 is 0.969 bits per heavy atom. The third kappa shape index (κ3) is 5.86. The standard InChI is InChI=1S/C21H19Cl2F2N3O4/c22-13-5-6-14(16(23)11-13)19(30)26-12-18(29)27-7-9-28(10-8-27)20(31)15-3-1-2-4-17(15)32-21(24)25/h1-6,11,21H,7-10,12H2,(H,26,30). The number of nitrogens with one attached hydrogen (secondary N) is 1. The van der Waals surface area contributed by atoms with Gasteiger partial charge < -0.3 is 19.9 Å². The molecule has 1 aliphatic heterocycles. The Bertz CT molecular complexity index is 1010. The molecule has 1 N–H and O–H groups in total. The average Bonchev–Trinajstić information content (AvgIpc) is 2.77. The van der Waals surface area contributed by atoms with Crippen LogP contribution in [-0.4, -0.2) is 66.9 Å². The fourth-order valence-electron chi connectivity index (χ4n) is 3.21. The molecule has 1 fully saturated rings. The number of benzene rings is 2. The first-order chi connectivity index (χ1) is 15.3. The smallest absolute Gasteiger partial charge is 0.387 e. The van der Waals surface area contributed by atoms with Gasteiger partial charge in [0.25, 0.3) is 11.8 Å². The first-order valence-electron chi connectivity index (χ1n) is 9.60. The van der Waals surface area contributed by atoms with E-state index < -0.39 is 18.4 Å². The van der Waals surface area contributed by atoms with Crippen molar-refractivity contribution >= 4 is 40.9 Å². The summed E-state index contributed by atoms with van der Waals surface area (Å²) in [5.41, 5.74) is 0.226. The molecule has 0 radical (unpaired) electrons. The molecule has 1 aliphatic rings. The summed E-state index contributed by atoms with van der Waals surface area (Å²) < 4.78 is 29.6. The zero-order valence-corrected chi connectivity index (χ0v) is 18.2. The van der Waals surface area contributed by atoms with Crippen molar-refractivity contribution in [2.45, 2.75) is 6.61 Å². The van der Waals surface area contributed by atoms with Gasteiger partial charge in [-0.15, -0.1) is 0 Å². The fourth-order valence-corrected chi connectivity index (χ4v) is 3.70. The zero-order chi connectivity index (χ0) is 23.3. The van der Waals surface area contributed by atoms with E-state index in [0.29, 0.717) is 5.02 Å². The van der Waals surface area contributed by atoms with Gasteiger partial charge in [0.05, 0.1) is 22.7 Å². The van der Waals surface area contributed by atoms with Gasteiger partial charge in [-0.2, -0.15) is 8.78 Å².